The lowest BCUT2D eigenvalue weighted by Gasteiger charge is -2.31. The Bertz CT molecular complexity index is 797. The van der Waals surface area contributed by atoms with Crippen LogP contribution in [0.2, 0.25) is 0 Å². The number of ether oxygens (including phenoxy) is 2. The maximum atomic E-state index is 11.2. The number of fused-ring (bicyclic) bond motifs is 1. The largest absolute Gasteiger partial charge is 0.488 e. The first-order valence-electron chi connectivity index (χ1n) is 9.36. The first-order valence-corrected chi connectivity index (χ1v) is 9.36. The summed E-state index contributed by atoms with van der Waals surface area (Å²) in [6, 6.07) is 4.10. The number of amides is 1. The molecule has 0 radical (unpaired) electrons. The number of nitrogens with zero attached hydrogens (tertiary/aromatic N) is 3. The van der Waals surface area contributed by atoms with Crippen LogP contribution in [0.4, 0.5) is 4.79 Å². The number of piperidine rings is 1. The molecule has 1 N–H and O–H groups in total. The molecule has 1 aromatic carbocycles. The Hall–Kier alpha value is -2.28. The van der Waals surface area contributed by atoms with E-state index in [1.54, 1.807) is 0 Å². The van der Waals surface area contributed by atoms with E-state index in [2.05, 4.69) is 11.2 Å². The van der Waals surface area contributed by atoms with Crippen molar-refractivity contribution in [3.05, 3.63) is 23.9 Å². The van der Waals surface area contributed by atoms with Gasteiger partial charge in [-0.2, -0.15) is 5.10 Å². The van der Waals surface area contributed by atoms with Gasteiger partial charge in [0.2, 0.25) is 0 Å². The lowest BCUT2D eigenvalue weighted by molar-refractivity contribution is -0.0367. The third-order valence-electron chi connectivity index (χ3n) is 5.26. The topological polar surface area (TPSA) is 76.8 Å². The molecule has 7 nitrogen and oxygen atoms in total. The molecule has 140 valence electrons. The van der Waals surface area contributed by atoms with E-state index in [0.29, 0.717) is 13.1 Å². The molecule has 0 spiro atoms. The van der Waals surface area contributed by atoms with Gasteiger partial charge >= 0.3 is 6.09 Å². The van der Waals surface area contributed by atoms with E-state index in [1.165, 1.54) is 4.90 Å². The Morgan fingerprint density at radius 1 is 1.31 bits per heavy atom. The van der Waals surface area contributed by atoms with Gasteiger partial charge in [0.15, 0.2) is 6.23 Å². The van der Waals surface area contributed by atoms with E-state index in [0.717, 1.165) is 60.9 Å². The lowest BCUT2D eigenvalue weighted by Crippen LogP contribution is -2.43. The molecule has 2 saturated heterocycles. The number of rotatable bonds is 3. The fourth-order valence-electron chi connectivity index (χ4n) is 3.85. The van der Waals surface area contributed by atoms with Crippen molar-refractivity contribution in [3.8, 4) is 5.75 Å². The van der Waals surface area contributed by atoms with Crippen LogP contribution in [0.1, 0.15) is 43.9 Å². The molecule has 2 atom stereocenters. The fourth-order valence-corrected chi connectivity index (χ4v) is 3.85. The maximum absolute atomic E-state index is 11.2. The molecule has 7 heteroatoms. The minimum Gasteiger partial charge on any atom is -0.488 e. The molecule has 3 heterocycles. The summed E-state index contributed by atoms with van der Waals surface area (Å²) in [5.41, 5.74) is 2.04. The van der Waals surface area contributed by atoms with Crippen LogP contribution in [-0.4, -0.2) is 51.7 Å². The summed E-state index contributed by atoms with van der Waals surface area (Å²) < 4.78 is 14.0. The normalized spacial score (nSPS) is 24.0. The van der Waals surface area contributed by atoms with E-state index >= 15 is 0 Å². The van der Waals surface area contributed by atoms with Gasteiger partial charge in [0.25, 0.3) is 0 Å². The smallest absolute Gasteiger partial charge is 0.407 e. The molecule has 1 aromatic heterocycles. The Morgan fingerprint density at radius 3 is 2.96 bits per heavy atom. The SMILES string of the molecule is Cc1cc2cnn(C3CCCCO3)c2cc1O[C@@H]1CCCN(C(=O)O)C1. The van der Waals surface area contributed by atoms with Crippen molar-refractivity contribution in [2.75, 3.05) is 19.7 Å². The quantitative estimate of drug-likeness (QED) is 0.907. The zero-order valence-corrected chi connectivity index (χ0v) is 15.1. The third kappa shape index (κ3) is 3.35. The van der Waals surface area contributed by atoms with Crippen molar-refractivity contribution in [1.82, 2.24) is 14.7 Å². The van der Waals surface area contributed by atoms with Gasteiger partial charge < -0.3 is 19.5 Å². The van der Waals surface area contributed by atoms with Crippen molar-refractivity contribution in [3.63, 3.8) is 0 Å². The Kier molecular flexibility index (Phi) is 4.72. The van der Waals surface area contributed by atoms with Gasteiger partial charge in [-0.15, -0.1) is 0 Å². The van der Waals surface area contributed by atoms with Crippen LogP contribution in [-0.2, 0) is 4.74 Å². The van der Waals surface area contributed by atoms with Crippen molar-refractivity contribution in [2.45, 2.75) is 51.4 Å². The molecule has 2 aliphatic heterocycles. The van der Waals surface area contributed by atoms with E-state index in [9.17, 15) is 9.90 Å². The number of hydrogen-bond donors (Lipinski definition) is 1. The van der Waals surface area contributed by atoms with E-state index in [4.69, 9.17) is 9.47 Å². The number of benzene rings is 1. The molecule has 2 aromatic rings. The summed E-state index contributed by atoms with van der Waals surface area (Å²) in [4.78, 5) is 12.7. The predicted molar refractivity (Wildman–Crippen MR) is 96.6 cm³/mol. The summed E-state index contributed by atoms with van der Waals surface area (Å²) in [5, 5.41) is 14.8. The summed E-state index contributed by atoms with van der Waals surface area (Å²) >= 11 is 0. The van der Waals surface area contributed by atoms with Gasteiger partial charge in [-0.1, -0.05) is 0 Å². The zero-order valence-electron chi connectivity index (χ0n) is 15.1. The second kappa shape index (κ2) is 7.15. The minimum absolute atomic E-state index is 0.0195. The van der Waals surface area contributed by atoms with Gasteiger partial charge in [0.1, 0.15) is 11.9 Å². The molecular formula is C19H25N3O4. The lowest BCUT2D eigenvalue weighted by atomic mass is 10.1. The molecule has 2 aliphatic rings. The summed E-state index contributed by atoms with van der Waals surface area (Å²) in [6.07, 6.45) is 5.77. The highest BCUT2D eigenvalue weighted by molar-refractivity contribution is 5.81. The molecule has 2 fully saturated rings. The van der Waals surface area contributed by atoms with E-state index < -0.39 is 6.09 Å². The highest BCUT2D eigenvalue weighted by Crippen LogP contribution is 2.31. The summed E-state index contributed by atoms with van der Waals surface area (Å²) in [6.45, 7) is 3.78. The van der Waals surface area contributed by atoms with Crippen molar-refractivity contribution < 1.29 is 19.4 Å². The Morgan fingerprint density at radius 2 is 2.19 bits per heavy atom. The van der Waals surface area contributed by atoms with Crippen LogP contribution in [0.3, 0.4) is 0 Å². The number of likely N-dealkylation sites (tertiary alicyclic amines) is 1. The summed E-state index contributed by atoms with van der Waals surface area (Å²) in [7, 11) is 0. The number of carboxylic acid groups (broad SMARTS) is 1. The number of aromatic nitrogens is 2. The average Bonchev–Trinajstić information content (AvgIpc) is 3.05. The summed E-state index contributed by atoms with van der Waals surface area (Å²) in [5.74, 6) is 0.798. The van der Waals surface area contributed by atoms with Gasteiger partial charge in [-0.05, 0) is 50.7 Å². The molecule has 0 aliphatic carbocycles. The highest BCUT2D eigenvalue weighted by atomic mass is 16.5. The standard InChI is InChI=1S/C19H25N3O4/c1-13-9-14-11-20-22(18-6-2-3-8-25-18)16(14)10-17(13)26-15-5-4-7-21(12-15)19(23)24/h9-11,15,18H,2-8,12H2,1H3,(H,23,24)/t15-,18?/m1/s1. The van der Waals surface area contributed by atoms with Crippen LogP contribution >= 0.6 is 0 Å². The minimum atomic E-state index is -0.877. The highest BCUT2D eigenvalue weighted by Gasteiger charge is 2.25. The van der Waals surface area contributed by atoms with Gasteiger partial charge in [-0.25, -0.2) is 9.48 Å². The van der Waals surface area contributed by atoms with Gasteiger partial charge in [0, 0.05) is 24.6 Å². The molecule has 1 unspecified atom stereocenters. The Balaban J connectivity index is 1.58. The van der Waals surface area contributed by atoms with Crippen LogP contribution in [0.25, 0.3) is 10.9 Å². The number of hydrogen-bond acceptors (Lipinski definition) is 4. The zero-order chi connectivity index (χ0) is 18.1. The third-order valence-corrected chi connectivity index (χ3v) is 5.26. The number of aryl methyl sites for hydroxylation is 1. The monoisotopic (exact) mass is 359 g/mol. The van der Waals surface area contributed by atoms with Gasteiger partial charge in [0.05, 0.1) is 18.3 Å². The average molecular weight is 359 g/mol. The second-order valence-electron chi connectivity index (χ2n) is 7.20. The maximum Gasteiger partial charge on any atom is 0.407 e. The second-order valence-corrected chi connectivity index (χ2v) is 7.20. The van der Waals surface area contributed by atoms with Crippen molar-refractivity contribution >= 4 is 17.0 Å². The molecule has 0 bridgehead atoms. The van der Waals surface area contributed by atoms with Crippen LogP contribution < -0.4 is 4.74 Å². The van der Waals surface area contributed by atoms with Crippen LogP contribution in [0.15, 0.2) is 18.3 Å². The van der Waals surface area contributed by atoms with Crippen molar-refractivity contribution in [2.24, 2.45) is 0 Å². The van der Waals surface area contributed by atoms with E-state index in [-0.39, 0.29) is 12.3 Å². The molecule has 1 amide bonds. The first kappa shape index (κ1) is 17.1. The first-order chi connectivity index (χ1) is 12.6. The molecule has 26 heavy (non-hydrogen) atoms. The van der Waals surface area contributed by atoms with Crippen molar-refractivity contribution in [1.29, 1.82) is 0 Å². The fraction of sp³-hybridized carbons (Fsp3) is 0.579. The Labute approximate surface area is 152 Å². The van der Waals surface area contributed by atoms with Gasteiger partial charge in [-0.3, -0.25) is 0 Å². The predicted octanol–water partition coefficient (Wildman–Crippen LogP) is 3.57. The molecular weight excluding hydrogens is 334 g/mol. The van der Waals surface area contributed by atoms with Crippen LogP contribution in [0.5, 0.6) is 5.75 Å². The number of carbonyl (C=O) groups is 1. The van der Waals surface area contributed by atoms with Crippen LogP contribution in [0, 0.1) is 6.92 Å². The molecule has 4 rings (SSSR count). The molecule has 0 saturated carbocycles. The van der Waals surface area contributed by atoms with E-state index in [1.807, 2.05) is 23.9 Å².